The van der Waals surface area contributed by atoms with Crippen LogP contribution >= 0.6 is 0 Å². The Kier molecular flexibility index (Phi) is 2.75. The van der Waals surface area contributed by atoms with E-state index in [0.29, 0.717) is 11.2 Å². The summed E-state index contributed by atoms with van der Waals surface area (Å²) in [4.78, 5) is 23.9. The highest BCUT2D eigenvalue weighted by Gasteiger charge is 2.22. The van der Waals surface area contributed by atoms with Gasteiger partial charge in [-0.25, -0.2) is 9.59 Å². The average Bonchev–Trinajstić information content (AvgIpc) is 2.62. The molecule has 2 aromatic heterocycles. The van der Waals surface area contributed by atoms with Gasteiger partial charge in [-0.2, -0.15) is 0 Å². The number of imidazole rings is 1. The summed E-state index contributed by atoms with van der Waals surface area (Å²) < 4.78 is 7.63. The average molecular weight is 234 g/mol. The summed E-state index contributed by atoms with van der Waals surface area (Å²) >= 11 is 0. The fraction of sp³-hybridized carbons (Fsp3) is 0.333. The number of esters is 1. The van der Waals surface area contributed by atoms with Crippen molar-refractivity contribution in [2.24, 2.45) is 0 Å². The van der Waals surface area contributed by atoms with Crippen LogP contribution in [0.4, 0.5) is 0 Å². The molecule has 17 heavy (non-hydrogen) atoms. The molecule has 0 bridgehead atoms. The molecule has 90 valence electrons. The molecule has 2 rings (SSSR count). The number of nitrogens with zero attached hydrogens (tertiary/aromatic N) is 2. The number of hydrogen-bond acceptors (Lipinski definition) is 3. The van der Waals surface area contributed by atoms with Gasteiger partial charge in [0.05, 0.1) is 12.6 Å². The normalized spacial score (nSPS) is 11.1. The zero-order valence-electron chi connectivity index (χ0n) is 10.0. The summed E-state index contributed by atoms with van der Waals surface area (Å²) in [6, 6.07) is 5.16. The van der Waals surface area contributed by atoms with Crippen molar-refractivity contribution in [2.75, 3.05) is 7.11 Å². The molecule has 0 aliphatic rings. The van der Waals surface area contributed by atoms with Crippen molar-refractivity contribution in [3.05, 3.63) is 40.6 Å². The number of pyridine rings is 1. The summed E-state index contributed by atoms with van der Waals surface area (Å²) in [6.45, 7) is 3.71. The first kappa shape index (κ1) is 11.4. The van der Waals surface area contributed by atoms with Gasteiger partial charge < -0.3 is 4.74 Å². The highest BCUT2D eigenvalue weighted by Crippen LogP contribution is 2.15. The van der Waals surface area contributed by atoms with Gasteiger partial charge in [-0.15, -0.1) is 0 Å². The first-order valence-corrected chi connectivity index (χ1v) is 5.37. The first-order valence-electron chi connectivity index (χ1n) is 5.37. The second kappa shape index (κ2) is 4.08. The number of carbonyl (C=O) groups excluding carboxylic acids is 1. The fourth-order valence-corrected chi connectivity index (χ4v) is 1.92. The molecule has 0 aromatic carbocycles. The number of hydrogen-bond donors (Lipinski definition) is 0. The number of carbonyl (C=O) groups is 1. The van der Waals surface area contributed by atoms with Crippen LogP contribution < -0.4 is 5.69 Å². The van der Waals surface area contributed by atoms with Crippen molar-refractivity contribution in [1.82, 2.24) is 8.97 Å². The van der Waals surface area contributed by atoms with Crippen LogP contribution in [-0.2, 0) is 4.74 Å². The minimum atomic E-state index is -0.496. The van der Waals surface area contributed by atoms with E-state index in [1.165, 1.54) is 16.1 Å². The van der Waals surface area contributed by atoms with Crippen molar-refractivity contribution in [2.45, 2.75) is 19.9 Å². The van der Waals surface area contributed by atoms with Crippen LogP contribution in [0.25, 0.3) is 5.52 Å². The van der Waals surface area contributed by atoms with Gasteiger partial charge in [0.1, 0.15) is 0 Å². The Bertz CT molecular complexity index is 622. The molecule has 0 radical (unpaired) electrons. The number of aromatic nitrogens is 2. The number of rotatable bonds is 2. The molecule has 2 aromatic rings. The molecule has 0 atom stereocenters. The zero-order valence-corrected chi connectivity index (χ0v) is 10.0. The van der Waals surface area contributed by atoms with Gasteiger partial charge in [-0.1, -0.05) is 6.07 Å². The summed E-state index contributed by atoms with van der Waals surface area (Å²) in [5.74, 6) is -0.496. The number of ether oxygens (including phenoxy) is 1. The first-order chi connectivity index (χ1) is 8.07. The Labute approximate surface area is 98.2 Å². The molecule has 0 aliphatic carbocycles. The SMILES string of the molecule is COC(=O)c1c2ccccn2c(=O)n1C(C)C. The van der Waals surface area contributed by atoms with E-state index < -0.39 is 5.97 Å². The Morgan fingerprint density at radius 1 is 1.35 bits per heavy atom. The molecule has 0 amide bonds. The molecule has 0 saturated carbocycles. The minimum absolute atomic E-state index is 0.100. The molecule has 0 N–H and O–H groups in total. The Morgan fingerprint density at radius 2 is 2.06 bits per heavy atom. The maximum atomic E-state index is 12.1. The van der Waals surface area contributed by atoms with E-state index in [9.17, 15) is 9.59 Å². The second-order valence-electron chi connectivity index (χ2n) is 4.04. The molecule has 0 unspecified atom stereocenters. The molecule has 2 heterocycles. The maximum Gasteiger partial charge on any atom is 0.357 e. The molecule has 0 aliphatic heterocycles. The van der Waals surface area contributed by atoms with Crippen LogP contribution in [0.1, 0.15) is 30.4 Å². The van der Waals surface area contributed by atoms with Crippen LogP contribution in [0.5, 0.6) is 0 Å². The lowest BCUT2D eigenvalue weighted by Crippen LogP contribution is -2.24. The fourth-order valence-electron chi connectivity index (χ4n) is 1.92. The van der Waals surface area contributed by atoms with E-state index in [4.69, 9.17) is 4.74 Å². The predicted octanol–water partition coefficient (Wildman–Crippen LogP) is 1.47. The maximum absolute atomic E-state index is 12.1. The van der Waals surface area contributed by atoms with Gasteiger partial charge >= 0.3 is 11.7 Å². The van der Waals surface area contributed by atoms with Gasteiger partial charge in [0.25, 0.3) is 0 Å². The standard InChI is InChI=1S/C12H14N2O3/c1-8(2)14-10(11(15)17-3)9-6-4-5-7-13(9)12(14)16/h4-8H,1-3H3. The summed E-state index contributed by atoms with van der Waals surface area (Å²) in [7, 11) is 1.31. The summed E-state index contributed by atoms with van der Waals surface area (Å²) in [6.07, 6.45) is 1.64. The van der Waals surface area contributed by atoms with Crippen LogP contribution in [0, 0.1) is 0 Å². The predicted molar refractivity (Wildman–Crippen MR) is 63.4 cm³/mol. The van der Waals surface area contributed by atoms with Crippen molar-refractivity contribution < 1.29 is 9.53 Å². The smallest absolute Gasteiger partial charge is 0.357 e. The third-order valence-corrected chi connectivity index (χ3v) is 2.65. The summed E-state index contributed by atoms with van der Waals surface area (Å²) in [5, 5.41) is 0. The van der Waals surface area contributed by atoms with E-state index in [1.807, 2.05) is 13.8 Å². The Hall–Kier alpha value is -2.04. The lowest BCUT2D eigenvalue weighted by molar-refractivity contribution is 0.0588. The van der Waals surface area contributed by atoms with Crippen molar-refractivity contribution in [3.63, 3.8) is 0 Å². The van der Waals surface area contributed by atoms with E-state index in [1.54, 1.807) is 24.4 Å². The molecule has 5 heteroatoms. The van der Waals surface area contributed by atoms with Crippen LogP contribution in [0.15, 0.2) is 29.2 Å². The topological polar surface area (TPSA) is 52.7 Å². The Balaban J connectivity index is 2.91. The van der Waals surface area contributed by atoms with Gasteiger partial charge in [-0.05, 0) is 26.0 Å². The molecule has 5 nitrogen and oxygen atoms in total. The molecular weight excluding hydrogens is 220 g/mol. The van der Waals surface area contributed by atoms with Gasteiger partial charge in [0.15, 0.2) is 5.69 Å². The Morgan fingerprint density at radius 3 is 2.65 bits per heavy atom. The quantitative estimate of drug-likeness (QED) is 0.739. The van der Waals surface area contributed by atoms with E-state index in [0.717, 1.165) is 0 Å². The monoisotopic (exact) mass is 234 g/mol. The van der Waals surface area contributed by atoms with Crippen LogP contribution in [0.2, 0.25) is 0 Å². The second-order valence-corrected chi connectivity index (χ2v) is 4.04. The third kappa shape index (κ3) is 1.63. The highest BCUT2D eigenvalue weighted by atomic mass is 16.5. The molecular formula is C12H14N2O3. The van der Waals surface area contributed by atoms with Gasteiger partial charge in [0, 0.05) is 12.2 Å². The van der Waals surface area contributed by atoms with Gasteiger partial charge in [0.2, 0.25) is 0 Å². The number of fused-ring (bicyclic) bond motifs is 1. The van der Waals surface area contributed by atoms with Gasteiger partial charge in [-0.3, -0.25) is 8.97 Å². The van der Waals surface area contributed by atoms with Crippen molar-refractivity contribution in [1.29, 1.82) is 0 Å². The van der Waals surface area contributed by atoms with Crippen LogP contribution in [-0.4, -0.2) is 22.0 Å². The van der Waals surface area contributed by atoms with Crippen molar-refractivity contribution in [3.8, 4) is 0 Å². The lowest BCUT2D eigenvalue weighted by Gasteiger charge is -2.08. The molecule has 0 saturated heterocycles. The van der Waals surface area contributed by atoms with E-state index >= 15 is 0 Å². The van der Waals surface area contributed by atoms with Crippen LogP contribution in [0.3, 0.4) is 0 Å². The number of methoxy groups -OCH3 is 1. The summed E-state index contributed by atoms with van der Waals surface area (Å²) in [5.41, 5.74) is 0.641. The third-order valence-electron chi connectivity index (χ3n) is 2.65. The zero-order chi connectivity index (χ0) is 12.6. The van der Waals surface area contributed by atoms with Crippen molar-refractivity contribution >= 4 is 11.5 Å². The molecule has 0 fully saturated rings. The molecule has 0 spiro atoms. The van der Waals surface area contributed by atoms with E-state index in [-0.39, 0.29) is 11.7 Å². The highest BCUT2D eigenvalue weighted by molar-refractivity contribution is 5.95. The minimum Gasteiger partial charge on any atom is -0.464 e. The largest absolute Gasteiger partial charge is 0.464 e. The lowest BCUT2D eigenvalue weighted by atomic mass is 10.3. The van der Waals surface area contributed by atoms with E-state index in [2.05, 4.69) is 0 Å².